The minimum Gasteiger partial charge on any atom is -0.456 e. The van der Waals surface area contributed by atoms with Gasteiger partial charge in [-0.1, -0.05) is 30.7 Å². The van der Waals surface area contributed by atoms with Crippen molar-refractivity contribution < 1.29 is 18.7 Å². The Balaban J connectivity index is 1.37. The second-order valence-corrected chi connectivity index (χ2v) is 8.54. The molecular weight excluding hydrogens is 459 g/mol. The van der Waals surface area contributed by atoms with Crippen molar-refractivity contribution in [3.05, 3.63) is 92.6 Å². The molecule has 4 rings (SSSR count). The van der Waals surface area contributed by atoms with Crippen LogP contribution in [-0.4, -0.2) is 26.5 Å². The highest BCUT2D eigenvalue weighted by Crippen LogP contribution is 2.16. The molecule has 1 amide bonds. The third-order valence-corrected chi connectivity index (χ3v) is 5.87. The number of aromatic nitrogens is 3. The van der Waals surface area contributed by atoms with E-state index in [0.29, 0.717) is 16.3 Å². The lowest BCUT2D eigenvalue weighted by Gasteiger charge is -2.07. The smallest absolute Gasteiger partial charge is 0.338 e. The molecule has 2 aromatic carbocycles. The highest BCUT2D eigenvalue weighted by molar-refractivity contribution is 7.16. The quantitative estimate of drug-likeness (QED) is 0.379. The van der Waals surface area contributed by atoms with E-state index in [1.807, 2.05) is 0 Å². The molecule has 0 radical (unpaired) electrons. The van der Waals surface area contributed by atoms with Crippen LogP contribution in [0.3, 0.4) is 0 Å². The van der Waals surface area contributed by atoms with Gasteiger partial charge in [0.2, 0.25) is 4.96 Å². The Hall–Kier alpha value is -3.92. The van der Waals surface area contributed by atoms with Crippen LogP contribution < -0.4 is 10.9 Å². The number of aryl methyl sites for hydroxylation is 1. The van der Waals surface area contributed by atoms with Gasteiger partial charge in [-0.05, 0) is 48.9 Å². The molecular formula is C24H21FN4O4S. The first-order valence-electron chi connectivity index (χ1n) is 10.7. The molecule has 0 atom stereocenters. The fourth-order valence-corrected chi connectivity index (χ4v) is 4.10. The molecule has 0 saturated heterocycles. The lowest BCUT2D eigenvalue weighted by Crippen LogP contribution is -2.16. The average Bonchev–Trinajstić information content (AvgIpc) is 3.25. The van der Waals surface area contributed by atoms with Gasteiger partial charge in [-0.3, -0.25) is 9.59 Å². The molecule has 0 bridgehead atoms. The first-order valence-corrected chi connectivity index (χ1v) is 11.5. The maximum Gasteiger partial charge on any atom is 0.338 e. The number of amides is 1. The highest BCUT2D eigenvalue weighted by atomic mass is 32.1. The van der Waals surface area contributed by atoms with Crippen LogP contribution in [0.4, 0.5) is 10.1 Å². The fraction of sp³-hybridized carbons (Fsp3) is 0.208. The third-order valence-electron chi connectivity index (χ3n) is 4.90. The number of rotatable bonds is 8. The Morgan fingerprint density at radius 2 is 1.91 bits per heavy atom. The predicted molar refractivity (Wildman–Crippen MR) is 126 cm³/mol. The highest BCUT2D eigenvalue weighted by Gasteiger charge is 2.13. The van der Waals surface area contributed by atoms with Gasteiger partial charge in [-0.25, -0.2) is 14.2 Å². The van der Waals surface area contributed by atoms with E-state index in [9.17, 15) is 18.8 Å². The Bertz CT molecular complexity index is 1400. The molecule has 0 aliphatic heterocycles. The second-order valence-electron chi connectivity index (χ2n) is 7.50. The zero-order valence-corrected chi connectivity index (χ0v) is 19.1. The number of fused-ring (bicyclic) bond motifs is 1. The van der Waals surface area contributed by atoms with Crippen molar-refractivity contribution in [3.63, 3.8) is 0 Å². The Morgan fingerprint density at radius 1 is 1.12 bits per heavy atom. The number of anilines is 1. The number of unbranched alkanes of at least 4 members (excludes halogenated alkanes) is 1. The molecule has 4 aromatic rings. The second kappa shape index (κ2) is 10.3. The lowest BCUT2D eigenvalue weighted by molar-refractivity contribution is 0.0467. The molecule has 0 saturated carbocycles. The molecule has 10 heteroatoms. The minimum atomic E-state index is -0.599. The molecule has 2 heterocycles. The van der Waals surface area contributed by atoms with Crippen LogP contribution >= 0.6 is 11.3 Å². The number of esters is 1. The van der Waals surface area contributed by atoms with Gasteiger partial charge in [0.15, 0.2) is 0 Å². The molecule has 34 heavy (non-hydrogen) atoms. The molecule has 0 aliphatic rings. The summed E-state index contributed by atoms with van der Waals surface area (Å²) in [5, 5.41) is 7.77. The number of hydrogen-bond donors (Lipinski definition) is 1. The van der Waals surface area contributed by atoms with E-state index in [0.717, 1.165) is 30.3 Å². The van der Waals surface area contributed by atoms with Crippen molar-refractivity contribution in [3.8, 4) is 0 Å². The number of hydrogen-bond acceptors (Lipinski definition) is 7. The number of nitrogens with one attached hydrogen (secondary N) is 1. The maximum atomic E-state index is 13.3. The molecule has 8 nitrogen and oxygen atoms in total. The normalized spacial score (nSPS) is 10.9. The van der Waals surface area contributed by atoms with Gasteiger partial charge in [0, 0.05) is 23.7 Å². The SMILES string of the molecule is CCCCc1nn2c(=O)cc(COC(=O)c3ccc(NC(=O)c4cccc(F)c4)cc3)nc2s1. The first-order chi connectivity index (χ1) is 16.4. The van der Waals surface area contributed by atoms with E-state index in [4.69, 9.17) is 4.74 Å². The summed E-state index contributed by atoms with van der Waals surface area (Å²) in [4.78, 5) is 41.8. The van der Waals surface area contributed by atoms with Gasteiger partial charge < -0.3 is 10.1 Å². The van der Waals surface area contributed by atoms with E-state index in [2.05, 4.69) is 22.3 Å². The van der Waals surface area contributed by atoms with Crippen LogP contribution in [0, 0.1) is 5.82 Å². The van der Waals surface area contributed by atoms with E-state index >= 15 is 0 Å². The monoisotopic (exact) mass is 480 g/mol. The van der Waals surface area contributed by atoms with Gasteiger partial charge in [0.25, 0.3) is 11.5 Å². The van der Waals surface area contributed by atoms with Crippen molar-refractivity contribution >= 4 is 33.9 Å². The Kier molecular flexibility index (Phi) is 7.07. The summed E-state index contributed by atoms with van der Waals surface area (Å²) in [6, 6.07) is 12.7. The van der Waals surface area contributed by atoms with Gasteiger partial charge in [-0.15, -0.1) is 0 Å². The summed E-state index contributed by atoms with van der Waals surface area (Å²) >= 11 is 1.35. The Labute approximate surface area is 198 Å². The van der Waals surface area contributed by atoms with Gasteiger partial charge in [0.05, 0.1) is 11.3 Å². The first kappa shape index (κ1) is 23.2. The summed E-state index contributed by atoms with van der Waals surface area (Å²) in [6.07, 6.45) is 2.79. The molecule has 1 N–H and O–H groups in total. The van der Waals surface area contributed by atoms with Crippen LogP contribution in [-0.2, 0) is 17.8 Å². The summed E-state index contributed by atoms with van der Waals surface area (Å²) in [5.41, 5.74) is 0.898. The van der Waals surface area contributed by atoms with Crippen molar-refractivity contribution in [2.45, 2.75) is 32.8 Å². The molecule has 2 aromatic heterocycles. The number of nitrogens with zero attached hydrogens (tertiary/aromatic N) is 3. The minimum absolute atomic E-state index is 0.162. The number of ether oxygens (including phenoxy) is 1. The standard InChI is InChI=1S/C24H21FN4O4S/c1-2-3-7-20-28-29-21(30)13-19(27-24(29)34-20)14-33-23(32)15-8-10-18(11-9-15)26-22(31)16-5-4-6-17(25)12-16/h4-6,8-13H,2-3,7,14H2,1H3,(H,26,31). The van der Waals surface area contributed by atoms with Crippen LogP contribution in [0.5, 0.6) is 0 Å². The zero-order chi connectivity index (χ0) is 24.1. The van der Waals surface area contributed by atoms with Crippen molar-refractivity contribution in [1.29, 1.82) is 0 Å². The van der Waals surface area contributed by atoms with E-state index in [1.165, 1.54) is 52.3 Å². The summed E-state index contributed by atoms with van der Waals surface area (Å²) in [6.45, 7) is 1.92. The average molecular weight is 481 g/mol. The number of benzene rings is 2. The molecule has 174 valence electrons. The van der Waals surface area contributed by atoms with Crippen LogP contribution in [0.15, 0.2) is 59.4 Å². The fourth-order valence-electron chi connectivity index (χ4n) is 3.14. The zero-order valence-electron chi connectivity index (χ0n) is 18.3. The molecule has 0 spiro atoms. The summed E-state index contributed by atoms with van der Waals surface area (Å²) < 4.78 is 19.9. The van der Waals surface area contributed by atoms with E-state index in [1.54, 1.807) is 12.1 Å². The van der Waals surface area contributed by atoms with E-state index in [-0.39, 0.29) is 23.3 Å². The van der Waals surface area contributed by atoms with Gasteiger partial charge >= 0.3 is 5.97 Å². The topological polar surface area (TPSA) is 103 Å². The largest absolute Gasteiger partial charge is 0.456 e. The third kappa shape index (κ3) is 5.52. The molecule has 0 fully saturated rings. The number of carbonyl (C=O) groups excluding carboxylic acids is 2. The lowest BCUT2D eigenvalue weighted by atomic mass is 10.2. The Morgan fingerprint density at radius 3 is 2.65 bits per heavy atom. The van der Waals surface area contributed by atoms with Crippen LogP contribution in [0.2, 0.25) is 0 Å². The van der Waals surface area contributed by atoms with Crippen LogP contribution in [0.1, 0.15) is 51.2 Å². The maximum absolute atomic E-state index is 13.3. The van der Waals surface area contributed by atoms with Crippen LogP contribution in [0.25, 0.3) is 4.96 Å². The molecule has 0 unspecified atom stereocenters. The van der Waals surface area contributed by atoms with Crippen molar-refractivity contribution in [1.82, 2.24) is 14.6 Å². The predicted octanol–water partition coefficient (Wildman–Crippen LogP) is 4.24. The van der Waals surface area contributed by atoms with Crippen molar-refractivity contribution in [2.75, 3.05) is 5.32 Å². The number of halogens is 1. The summed E-state index contributed by atoms with van der Waals surface area (Å²) in [7, 11) is 0. The molecule has 0 aliphatic carbocycles. The van der Waals surface area contributed by atoms with E-state index < -0.39 is 17.7 Å². The van der Waals surface area contributed by atoms with Gasteiger partial charge in [0.1, 0.15) is 17.4 Å². The van der Waals surface area contributed by atoms with Gasteiger partial charge in [-0.2, -0.15) is 9.61 Å². The van der Waals surface area contributed by atoms with Crippen molar-refractivity contribution in [2.24, 2.45) is 0 Å². The number of carbonyl (C=O) groups is 2. The summed E-state index contributed by atoms with van der Waals surface area (Å²) in [5.74, 6) is -1.57.